The zero-order valence-electron chi connectivity index (χ0n) is 13.1. The van der Waals surface area contributed by atoms with Crippen LogP contribution >= 0.6 is 11.6 Å². The number of halogens is 1. The number of likely N-dealkylation sites (tertiary alicyclic amines) is 1. The third-order valence-corrected chi connectivity index (χ3v) is 4.71. The van der Waals surface area contributed by atoms with Crippen molar-refractivity contribution in [2.75, 3.05) is 13.1 Å². The van der Waals surface area contributed by atoms with Crippen molar-refractivity contribution in [1.29, 1.82) is 0 Å². The van der Waals surface area contributed by atoms with Gasteiger partial charge in [0.15, 0.2) is 0 Å². The Balaban J connectivity index is 1.85. The summed E-state index contributed by atoms with van der Waals surface area (Å²) >= 11 is 6.05. The summed E-state index contributed by atoms with van der Waals surface area (Å²) in [7, 11) is 0. The van der Waals surface area contributed by atoms with E-state index in [0.717, 1.165) is 24.9 Å². The van der Waals surface area contributed by atoms with Crippen LogP contribution in [0.25, 0.3) is 11.3 Å². The molecule has 122 valence electrons. The largest absolute Gasteiger partial charge is 0.338 e. The molecular weight excluding hydrogens is 312 g/mol. The minimum Gasteiger partial charge on any atom is -0.338 e. The van der Waals surface area contributed by atoms with E-state index >= 15 is 0 Å². The Hall–Kier alpha value is -1.85. The fourth-order valence-electron chi connectivity index (χ4n) is 3.11. The number of carbonyl (C=O) groups excluding carboxylic acids is 1. The number of hydrogen-bond donors (Lipinski definition) is 2. The molecule has 1 saturated heterocycles. The summed E-state index contributed by atoms with van der Waals surface area (Å²) in [6, 6.07) is 7.51. The highest BCUT2D eigenvalue weighted by Gasteiger charge is 2.28. The number of nitrogens with zero attached hydrogens (tertiary/aromatic N) is 2. The first kappa shape index (κ1) is 16.0. The van der Waals surface area contributed by atoms with Gasteiger partial charge in [-0.3, -0.25) is 9.89 Å². The molecule has 6 heteroatoms. The zero-order valence-corrected chi connectivity index (χ0v) is 13.9. The molecule has 5 nitrogen and oxygen atoms in total. The minimum atomic E-state index is -0.000856. The van der Waals surface area contributed by atoms with Crippen molar-refractivity contribution >= 4 is 17.5 Å². The third-order valence-electron chi connectivity index (χ3n) is 4.47. The van der Waals surface area contributed by atoms with Crippen molar-refractivity contribution in [3.63, 3.8) is 0 Å². The lowest BCUT2D eigenvalue weighted by Gasteiger charge is -2.34. The van der Waals surface area contributed by atoms with Crippen LogP contribution in [0, 0.1) is 5.92 Å². The Kier molecular flexibility index (Phi) is 4.68. The molecule has 1 aromatic carbocycles. The van der Waals surface area contributed by atoms with E-state index in [2.05, 4.69) is 10.2 Å². The van der Waals surface area contributed by atoms with Gasteiger partial charge in [-0.25, -0.2) is 0 Å². The number of carbonyl (C=O) groups is 1. The van der Waals surface area contributed by atoms with E-state index in [1.807, 2.05) is 30.0 Å². The van der Waals surface area contributed by atoms with E-state index in [1.54, 1.807) is 12.3 Å². The second-order valence-corrected chi connectivity index (χ2v) is 6.62. The van der Waals surface area contributed by atoms with Crippen molar-refractivity contribution < 1.29 is 4.79 Å². The van der Waals surface area contributed by atoms with Crippen molar-refractivity contribution in [2.45, 2.75) is 25.8 Å². The van der Waals surface area contributed by atoms with Crippen LogP contribution in [-0.4, -0.2) is 40.1 Å². The predicted octanol–water partition coefficient (Wildman–Crippen LogP) is 2.93. The quantitative estimate of drug-likeness (QED) is 0.907. The van der Waals surface area contributed by atoms with E-state index in [4.69, 9.17) is 17.3 Å². The molecule has 1 aliphatic rings. The first-order chi connectivity index (χ1) is 11.1. The van der Waals surface area contributed by atoms with E-state index in [0.29, 0.717) is 28.7 Å². The van der Waals surface area contributed by atoms with Gasteiger partial charge < -0.3 is 10.6 Å². The number of aromatic amines is 1. The highest BCUT2D eigenvalue weighted by Crippen LogP contribution is 2.27. The maximum absolute atomic E-state index is 12.9. The molecule has 2 atom stereocenters. The van der Waals surface area contributed by atoms with Gasteiger partial charge in [-0.2, -0.15) is 5.10 Å². The van der Waals surface area contributed by atoms with E-state index in [-0.39, 0.29) is 11.9 Å². The number of nitrogens with two attached hydrogens (primary N) is 1. The number of nitrogens with one attached hydrogen (secondary N) is 1. The molecule has 1 aromatic heterocycles. The Morgan fingerprint density at radius 2 is 2.35 bits per heavy atom. The molecule has 1 aliphatic heterocycles. The fraction of sp³-hybridized carbons (Fsp3) is 0.412. The van der Waals surface area contributed by atoms with Gasteiger partial charge in [-0.15, -0.1) is 0 Å². The van der Waals surface area contributed by atoms with Gasteiger partial charge >= 0.3 is 0 Å². The minimum absolute atomic E-state index is 0.000856. The van der Waals surface area contributed by atoms with Crippen LogP contribution in [0.4, 0.5) is 0 Å². The standard InChI is InChI=1S/C17H21ClN4O/c1-11(19)13-5-3-7-22(10-13)17(23)15-9-20-21-16(15)12-4-2-6-14(18)8-12/h2,4,6,8-9,11,13H,3,5,7,10,19H2,1H3,(H,20,21)/t11-,13+/m1/s1. The summed E-state index contributed by atoms with van der Waals surface area (Å²) in [5.41, 5.74) is 8.16. The molecule has 0 radical (unpaired) electrons. The van der Waals surface area contributed by atoms with Crippen LogP contribution in [0.1, 0.15) is 30.1 Å². The van der Waals surface area contributed by atoms with E-state index < -0.39 is 0 Å². The summed E-state index contributed by atoms with van der Waals surface area (Å²) in [5, 5.41) is 7.61. The SMILES string of the molecule is C[C@@H](N)[C@H]1CCCN(C(=O)c2cn[nH]c2-c2cccc(Cl)c2)C1. The van der Waals surface area contributed by atoms with Crippen LogP contribution in [0.5, 0.6) is 0 Å². The molecule has 0 saturated carbocycles. The molecule has 2 heterocycles. The molecule has 3 N–H and O–H groups in total. The number of H-pyrrole nitrogens is 1. The first-order valence-electron chi connectivity index (χ1n) is 7.90. The lowest BCUT2D eigenvalue weighted by Crippen LogP contribution is -2.45. The average Bonchev–Trinajstić information content (AvgIpc) is 3.04. The van der Waals surface area contributed by atoms with Gasteiger partial charge in [0.25, 0.3) is 5.91 Å². The van der Waals surface area contributed by atoms with Gasteiger partial charge in [-0.05, 0) is 37.8 Å². The second-order valence-electron chi connectivity index (χ2n) is 6.18. The monoisotopic (exact) mass is 332 g/mol. The Labute approximate surface area is 140 Å². The Morgan fingerprint density at radius 3 is 3.09 bits per heavy atom. The summed E-state index contributed by atoms with van der Waals surface area (Å²) < 4.78 is 0. The van der Waals surface area contributed by atoms with Crippen molar-refractivity contribution in [2.24, 2.45) is 11.7 Å². The van der Waals surface area contributed by atoms with Gasteiger partial charge in [0.1, 0.15) is 0 Å². The fourth-order valence-corrected chi connectivity index (χ4v) is 3.30. The first-order valence-corrected chi connectivity index (χ1v) is 8.28. The van der Waals surface area contributed by atoms with Crippen molar-refractivity contribution in [3.05, 3.63) is 41.0 Å². The van der Waals surface area contributed by atoms with Crippen LogP contribution in [0.15, 0.2) is 30.5 Å². The molecule has 0 bridgehead atoms. The number of aromatic nitrogens is 2. The summed E-state index contributed by atoms with van der Waals surface area (Å²) in [5.74, 6) is 0.355. The predicted molar refractivity (Wildman–Crippen MR) is 91.3 cm³/mol. The molecule has 0 spiro atoms. The maximum atomic E-state index is 12.9. The number of hydrogen-bond acceptors (Lipinski definition) is 3. The third kappa shape index (κ3) is 3.41. The Bertz CT molecular complexity index is 697. The number of amides is 1. The highest BCUT2D eigenvalue weighted by molar-refractivity contribution is 6.30. The number of benzene rings is 1. The second kappa shape index (κ2) is 6.72. The van der Waals surface area contributed by atoms with Crippen molar-refractivity contribution in [3.8, 4) is 11.3 Å². The smallest absolute Gasteiger partial charge is 0.257 e. The van der Waals surface area contributed by atoms with E-state index in [1.165, 1.54) is 0 Å². The number of rotatable bonds is 3. The summed E-state index contributed by atoms with van der Waals surface area (Å²) in [4.78, 5) is 14.8. The van der Waals surface area contributed by atoms with Gasteiger partial charge in [0.05, 0.1) is 17.5 Å². The van der Waals surface area contributed by atoms with Crippen LogP contribution in [0.3, 0.4) is 0 Å². The lowest BCUT2D eigenvalue weighted by molar-refractivity contribution is 0.0662. The lowest BCUT2D eigenvalue weighted by atomic mass is 9.91. The molecule has 3 rings (SSSR count). The molecule has 23 heavy (non-hydrogen) atoms. The molecule has 0 aliphatic carbocycles. The summed E-state index contributed by atoms with van der Waals surface area (Å²) in [6.45, 7) is 3.48. The molecule has 2 aromatic rings. The van der Waals surface area contributed by atoms with Gasteiger partial charge in [-0.1, -0.05) is 23.7 Å². The molecule has 0 unspecified atom stereocenters. The van der Waals surface area contributed by atoms with Crippen LogP contribution in [0.2, 0.25) is 5.02 Å². The average molecular weight is 333 g/mol. The topological polar surface area (TPSA) is 75.0 Å². The maximum Gasteiger partial charge on any atom is 0.257 e. The molecule has 1 fully saturated rings. The summed E-state index contributed by atoms with van der Waals surface area (Å²) in [6.07, 6.45) is 3.66. The highest BCUT2D eigenvalue weighted by atomic mass is 35.5. The zero-order chi connectivity index (χ0) is 16.4. The normalized spacial score (nSPS) is 19.6. The van der Waals surface area contributed by atoms with Gasteiger partial charge in [0.2, 0.25) is 0 Å². The van der Waals surface area contributed by atoms with E-state index in [9.17, 15) is 4.79 Å². The molecular formula is C17H21ClN4O. The van der Waals surface area contributed by atoms with Crippen LogP contribution < -0.4 is 5.73 Å². The Morgan fingerprint density at radius 1 is 1.52 bits per heavy atom. The van der Waals surface area contributed by atoms with Gasteiger partial charge in [0, 0.05) is 29.7 Å². The molecule has 1 amide bonds. The van der Waals surface area contributed by atoms with Crippen LogP contribution in [-0.2, 0) is 0 Å². The van der Waals surface area contributed by atoms with Crippen molar-refractivity contribution in [1.82, 2.24) is 15.1 Å². The number of piperidine rings is 1.